The molecule has 5 nitrogen and oxygen atoms in total. The number of nitrogens with zero attached hydrogens (tertiary/aromatic N) is 1. The van der Waals surface area contributed by atoms with Gasteiger partial charge in [-0.15, -0.1) is 0 Å². The van der Waals surface area contributed by atoms with Crippen molar-refractivity contribution in [3.8, 4) is 0 Å². The number of likely N-dealkylation sites (tertiary alicyclic amines) is 1. The van der Waals surface area contributed by atoms with Gasteiger partial charge in [0.2, 0.25) is 0 Å². The van der Waals surface area contributed by atoms with Crippen molar-refractivity contribution in [2.45, 2.75) is 13.0 Å². The van der Waals surface area contributed by atoms with Crippen LogP contribution in [0.3, 0.4) is 0 Å². The van der Waals surface area contributed by atoms with E-state index in [1.54, 1.807) is 12.1 Å². The number of ether oxygens (including phenoxy) is 1. The van der Waals surface area contributed by atoms with Crippen molar-refractivity contribution in [2.75, 3.05) is 32.9 Å². The summed E-state index contributed by atoms with van der Waals surface area (Å²) in [6, 6.07) is 7.13. The fourth-order valence-electron chi connectivity index (χ4n) is 3.66. The van der Waals surface area contributed by atoms with Crippen molar-refractivity contribution in [1.82, 2.24) is 4.90 Å². The molecule has 5 heteroatoms. The second-order valence-corrected chi connectivity index (χ2v) is 6.19. The highest BCUT2D eigenvalue weighted by atomic mass is 16.5. The predicted molar refractivity (Wildman–Crippen MR) is 77.1 cm³/mol. The summed E-state index contributed by atoms with van der Waals surface area (Å²) in [4.78, 5) is 13.5. The maximum Gasteiger partial charge on any atom is 0.336 e. The van der Waals surface area contributed by atoms with Crippen LogP contribution in [-0.2, 0) is 11.3 Å². The third-order valence-corrected chi connectivity index (χ3v) is 4.84. The van der Waals surface area contributed by atoms with E-state index in [2.05, 4.69) is 4.90 Å². The van der Waals surface area contributed by atoms with E-state index >= 15 is 0 Å². The summed E-state index contributed by atoms with van der Waals surface area (Å²) in [6.07, 6.45) is 0.970. The second kappa shape index (κ2) is 5.75. The first-order valence-electron chi connectivity index (χ1n) is 7.37. The van der Waals surface area contributed by atoms with Gasteiger partial charge in [0, 0.05) is 31.7 Å². The molecule has 0 unspecified atom stereocenters. The van der Waals surface area contributed by atoms with E-state index in [0.717, 1.165) is 31.7 Å². The molecule has 2 aliphatic heterocycles. The van der Waals surface area contributed by atoms with Crippen molar-refractivity contribution >= 4 is 5.97 Å². The van der Waals surface area contributed by atoms with Crippen LogP contribution < -0.4 is 0 Å². The van der Waals surface area contributed by atoms with Crippen molar-refractivity contribution in [3.05, 3.63) is 35.4 Å². The zero-order valence-corrected chi connectivity index (χ0v) is 12.0. The average molecular weight is 291 g/mol. The molecule has 2 saturated heterocycles. The van der Waals surface area contributed by atoms with Gasteiger partial charge in [-0.1, -0.05) is 18.2 Å². The largest absolute Gasteiger partial charge is 0.478 e. The Morgan fingerprint density at radius 1 is 1.43 bits per heavy atom. The van der Waals surface area contributed by atoms with Gasteiger partial charge in [-0.05, 0) is 24.0 Å². The van der Waals surface area contributed by atoms with Gasteiger partial charge in [-0.25, -0.2) is 4.79 Å². The SMILES string of the molecule is O=C(O)c1ccccc1CN1C[C@@H]2CCOC[C@]2(CO)C1. The Hall–Kier alpha value is -1.43. The average Bonchev–Trinajstić information content (AvgIpc) is 2.86. The molecule has 0 bridgehead atoms. The number of aliphatic hydroxyl groups is 1. The van der Waals surface area contributed by atoms with Gasteiger partial charge in [0.1, 0.15) is 0 Å². The Morgan fingerprint density at radius 3 is 2.95 bits per heavy atom. The highest BCUT2D eigenvalue weighted by Gasteiger charge is 2.48. The van der Waals surface area contributed by atoms with Crippen LogP contribution in [0.2, 0.25) is 0 Å². The zero-order chi connectivity index (χ0) is 14.9. The number of aliphatic hydroxyl groups excluding tert-OH is 1. The first kappa shape index (κ1) is 14.5. The molecule has 0 radical (unpaired) electrons. The molecule has 114 valence electrons. The molecule has 0 amide bonds. The van der Waals surface area contributed by atoms with Gasteiger partial charge >= 0.3 is 5.97 Å². The molecule has 0 spiro atoms. The molecule has 2 aliphatic rings. The molecule has 0 aromatic heterocycles. The first-order chi connectivity index (χ1) is 10.1. The minimum Gasteiger partial charge on any atom is -0.478 e. The smallest absolute Gasteiger partial charge is 0.336 e. The maximum atomic E-state index is 11.3. The minimum absolute atomic E-state index is 0.134. The third kappa shape index (κ3) is 2.69. The highest BCUT2D eigenvalue weighted by molar-refractivity contribution is 5.89. The van der Waals surface area contributed by atoms with Crippen LogP contribution in [-0.4, -0.2) is 54.0 Å². The summed E-state index contributed by atoms with van der Waals surface area (Å²) in [5, 5.41) is 19.0. The molecule has 0 aliphatic carbocycles. The van der Waals surface area contributed by atoms with Gasteiger partial charge in [0.15, 0.2) is 0 Å². The molecule has 2 fully saturated rings. The summed E-state index contributed by atoms with van der Waals surface area (Å²) in [5.74, 6) is -0.448. The van der Waals surface area contributed by atoms with E-state index in [1.807, 2.05) is 12.1 Å². The normalized spacial score (nSPS) is 29.3. The molecule has 2 heterocycles. The first-order valence-corrected chi connectivity index (χ1v) is 7.37. The van der Waals surface area contributed by atoms with E-state index in [9.17, 15) is 15.0 Å². The zero-order valence-electron chi connectivity index (χ0n) is 12.0. The number of aromatic carboxylic acids is 1. The summed E-state index contributed by atoms with van der Waals surface area (Å²) >= 11 is 0. The quantitative estimate of drug-likeness (QED) is 0.873. The number of carboxylic acid groups (broad SMARTS) is 1. The van der Waals surface area contributed by atoms with Crippen molar-refractivity contribution in [1.29, 1.82) is 0 Å². The van der Waals surface area contributed by atoms with Crippen LogP contribution in [0.15, 0.2) is 24.3 Å². The Kier molecular flexibility index (Phi) is 3.97. The van der Waals surface area contributed by atoms with Crippen LogP contribution in [0.1, 0.15) is 22.3 Å². The van der Waals surface area contributed by atoms with Gasteiger partial charge < -0.3 is 14.9 Å². The monoisotopic (exact) mass is 291 g/mol. The van der Waals surface area contributed by atoms with Crippen molar-refractivity contribution in [2.24, 2.45) is 11.3 Å². The van der Waals surface area contributed by atoms with Crippen LogP contribution in [0.25, 0.3) is 0 Å². The number of carbonyl (C=O) groups is 1. The summed E-state index contributed by atoms with van der Waals surface area (Å²) in [5.41, 5.74) is 1.02. The molecule has 3 rings (SSSR count). The third-order valence-electron chi connectivity index (χ3n) is 4.84. The second-order valence-electron chi connectivity index (χ2n) is 6.19. The van der Waals surface area contributed by atoms with Crippen LogP contribution >= 0.6 is 0 Å². The molecule has 1 aromatic rings. The Labute approximate surface area is 124 Å². The van der Waals surface area contributed by atoms with E-state index in [4.69, 9.17) is 4.74 Å². The van der Waals surface area contributed by atoms with Gasteiger partial charge in [0.05, 0.1) is 18.8 Å². The lowest BCUT2D eigenvalue weighted by Crippen LogP contribution is -2.42. The van der Waals surface area contributed by atoms with E-state index < -0.39 is 5.97 Å². The van der Waals surface area contributed by atoms with Crippen molar-refractivity contribution in [3.63, 3.8) is 0 Å². The lowest BCUT2D eigenvalue weighted by atomic mass is 9.76. The topological polar surface area (TPSA) is 70.0 Å². The predicted octanol–water partition coefficient (Wildman–Crippen LogP) is 1.22. The Morgan fingerprint density at radius 2 is 2.24 bits per heavy atom. The Bertz CT molecular complexity index is 533. The van der Waals surface area contributed by atoms with Gasteiger partial charge in [-0.2, -0.15) is 0 Å². The molecular formula is C16H21NO4. The lowest BCUT2D eigenvalue weighted by Gasteiger charge is -2.36. The number of rotatable bonds is 4. The number of benzene rings is 1. The molecule has 1 aromatic carbocycles. The van der Waals surface area contributed by atoms with Crippen LogP contribution in [0.4, 0.5) is 0 Å². The van der Waals surface area contributed by atoms with E-state index in [0.29, 0.717) is 24.6 Å². The van der Waals surface area contributed by atoms with Crippen LogP contribution in [0.5, 0.6) is 0 Å². The van der Waals surface area contributed by atoms with Gasteiger partial charge in [-0.3, -0.25) is 4.90 Å². The molecule has 2 N–H and O–H groups in total. The standard InChI is InChI=1S/C16H21NO4/c18-10-16-9-17(8-13(16)5-6-21-11-16)7-12-3-1-2-4-14(12)15(19)20/h1-4,13,18H,5-11H2,(H,19,20)/t13-,16+/m0/s1. The molecule has 2 atom stereocenters. The van der Waals surface area contributed by atoms with Gasteiger partial charge in [0.25, 0.3) is 0 Å². The summed E-state index contributed by atoms with van der Waals surface area (Å²) in [6.45, 7) is 3.77. The lowest BCUT2D eigenvalue weighted by molar-refractivity contribution is -0.0561. The van der Waals surface area contributed by atoms with E-state index in [1.165, 1.54) is 0 Å². The number of hydrogen-bond donors (Lipinski definition) is 2. The van der Waals surface area contributed by atoms with E-state index in [-0.39, 0.29) is 12.0 Å². The molecule has 0 saturated carbocycles. The molecular weight excluding hydrogens is 270 g/mol. The highest BCUT2D eigenvalue weighted by Crippen LogP contribution is 2.41. The van der Waals surface area contributed by atoms with Crippen molar-refractivity contribution < 1.29 is 19.7 Å². The number of carboxylic acids is 1. The fraction of sp³-hybridized carbons (Fsp3) is 0.562. The summed E-state index contributed by atoms with van der Waals surface area (Å²) in [7, 11) is 0. The molecule has 21 heavy (non-hydrogen) atoms. The summed E-state index contributed by atoms with van der Waals surface area (Å²) < 4.78 is 5.56. The van der Waals surface area contributed by atoms with Crippen LogP contribution in [0, 0.1) is 11.3 Å². The maximum absolute atomic E-state index is 11.3. The Balaban J connectivity index is 1.77. The minimum atomic E-state index is -0.887. The number of fused-ring (bicyclic) bond motifs is 1. The number of hydrogen-bond acceptors (Lipinski definition) is 4. The fourth-order valence-corrected chi connectivity index (χ4v) is 3.66.